The number of amides is 2. The summed E-state index contributed by atoms with van der Waals surface area (Å²) in [5.74, 6) is -3.98. The van der Waals surface area contributed by atoms with Gasteiger partial charge in [0.1, 0.15) is 17.2 Å². The van der Waals surface area contributed by atoms with E-state index in [9.17, 15) is 33.4 Å². The molecule has 2 aliphatic heterocycles. The number of aliphatic hydroxyl groups is 1. The van der Waals surface area contributed by atoms with Crippen LogP contribution >= 0.6 is 0 Å². The van der Waals surface area contributed by atoms with E-state index in [1.54, 1.807) is 0 Å². The summed E-state index contributed by atoms with van der Waals surface area (Å²) in [5, 5.41) is 22.8. The highest BCUT2D eigenvalue weighted by Crippen LogP contribution is 2.31. The van der Waals surface area contributed by atoms with Crippen LogP contribution in [0.3, 0.4) is 0 Å². The second-order valence-electron chi connectivity index (χ2n) is 8.29. The first kappa shape index (κ1) is 21.9. The Labute approximate surface area is 182 Å². The van der Waals surface area contributed by atoms with Gasteiger partial charge in [-0.05, 0) is 43.9 Å². The predicted molar refractivity (Wildman–Crippen MR) is 109 cm³/mol. The zero-order chi connectivity index (χ0) is 23.2. The molecule has 3 heterocycles. The topological polar surface area (TPSA) is 112 Å². The average molecular weight is 447 g/mol. The Morgan fingerprint density at radius 3 is 2.56 bits per heavy atom. The molecular formula is C22H23F2N3O5. The number of hydrogen-bond donors (Lipinski definition) is 3. The lowest BCUT2D eigenvalue weighted by Gasteiger charge is -2.39. The van der Waals surface area contributed by atoms with Crippen LogP contribution in [0.15, 0.2) is 23.1 Å². The zero-order valence-electron chi connectivity index (χ0n) is 17.4. The molecule has 1 aromatic carbocycles. The number of pyridine rings is 1. The summed E-state index contributed by atoms with van der Waals surface area (Å²) in [6.45, 7) is 1.64. The Bertz CT molecular complexity index is 1140. The fourth-order valence-electron chi connectivity index (χ4n) is 4.28. The van der Waals surface area contributed by atoms with E-state index in [0.29, 0.717) is 37.9 Å². The molecule has 2 bridgehead atoms. The number of benzene rings is 1. The average Bonchev–Trinajstić information content (AvgIpc) is 2.72. The van der Waals surface area contributed by atoms with Crippen molar-refractivity contribution < 1.29 is 28.6 Å². The summed E-state index contributed by atoms with van der Waals surface area (Å²) in [6, 6.07) is 1.91. The molecule has 10 heteroatoms. The van der Waals surface area contributed by atoms with Crippen molar-refractivity contribution in [1.29, 1.82) is 0 Å². The number of aromatic nitrogens is 1. The minimum Gasteiger partial charge on any atom is -0.503 e. The maximum absolute atomic E-state index is 14.1. The molecule has 0 saturated carbocycles. The summed E-state index contributed by atoms with van der Waals surface area (Å²) in [4.78, 5) is 39.6. The lowest BCUT2D eigenvalue weighted by atomic mass is 9.98. The maximum atomic E-state index is 14.1. The fraction of sp³-hybridized carbons (Fsp3) is 0.409. The molecule has 2 amide bonds. The molecule has 2 atom stereocenters. The van der Waals surface area contributed by atoms with E-state index < -0.39 is 52.8 Å². The molecule has 1 saturated heterocycles. The van der Waals surface area contributed by atoms with Gasteiger partial charge in [-0.15, -0.1) is 0 Å². The molecule has 0 spiro atoms. The van der Waals surface area contributed by atoms with Crippen molar-refractivity contribution in [2.45, 2.75) is 44.9 Å². The molecule has 170 valence electrons. The van der Waals surface area contributed by atoms with Crippen molar-refractivity contribution in [2.75, 3.05) is 13.1 Å². The zero-order valence-corrected chi connectivity index (χ0v) is 17.4. The number of carbonyl (C=O) groups is 2. The van der Waals surface area contributed by atoms with Gasteiger partial charge in [0.2, 0.25) is 5.43 Å². The van der Waals surface area contributed by atoms with Gasteiger partial charge in [-0.25, -0.2) is 8.78 Å². The van der Waals surface area contributed by atoms with Crippen molar-refractivity contribution in [2.24, 2.45) is 0 Å². The van der Waals surface area contributed by atoms with Crippen LogP contribution in [0.25, 0.3) is 0 Å². The Morgan fingerprint density at radius 2 is 1.88 bits per heavy atom. The van der Waals surface area contributed by atoms with Crippen molar-refractivity contribution in [1.82, 2.24) is 14.8 Å². The minimum atomic E-state index is -1.04. The number of nitrogens with one attached hydrogen (secondary N) is 1. The van der Waals surface area contributed by atoms with Gasteiger partial charge in [0.25, 0.3) is 11.8 Å². The number of carbonyl (C=O) groups excluding carboxylic acids is 2. The number of aryl methyl sites for hydroxylation is 1. The second kappa shape index (κ2) is 8.34. The maximum Gasteiger partial charge on any atom is 0.274 e. The Hall–Kier alpha value is -3.27. The van der Waals surface area contributed by atoms with Crippen molar-refractivity contribution in [3.8, 4) is 5.75 Å². The molecule has 0 radical (unpaired) electrons. The van der Waals surface area contributed by atoms with E-state index in [-0.39, 0.29) is 17.3 Å². The Morgan fingerprint density at radius 1 is 1.19 bits per heavy atom. The van der Waals surface area contributed by atoms with Crippen molar-refractivity contribution in [3.63, 3.8) is 0 Å². The summed E-state index contributed by atoms with van der Waals surface area (Å²) in [7, 11) is 0. The second-order valence-corrected chi connectivity index (χ2v) is 8.29. The number of nitrogens with zero attached hydrogens (tertiary/aromatic N) is 2. The standard InChI is InChI=1S/C22H23F2N3O5/c1-11-6-16(23)14(17(24)7-11)8-25-21(31)15-10-27-12-2-3-13(28)4-5-26(9-12)22(32)18(27)20(30)19(15)29/h6-7,10,12-13,28,30H,2-5,8-9H2,1H3,(H,25,31)/t12-,13+/m0/s1. The summed E-state index contributed by atoms with van der Waals surface area (Å²) in [6.07, 6.45) is 1.95. The van der Waals surface area contributed by atoms with Crippen LogP contribution in [0.2, 0.25) is 0 Å². The molecule has 4 rings (SSSR count). The smallest absolute Gasteiger partial charge is 0.274 e. The number of hydrogen-bond acceptors (Lipinski definition) is 5. The molecule has 1 aromatic heterocycles. The molecule has 2 aliphatic rings. The van der Waals surface area contributed by atoms with E-state index in [1.807, 2.05) is 0 Å². The third-order valence-electron chi connectivity index (χ3n) is 6.05. The highest BCUT2D eigenvalue weighted by molar-refractivity contribution is 5.99. The van der Waals surface area contributed by atoms with Crippen LogP contribution in [0.1, 0.15) is 57.3 Å². The van der Waals surface area contributed by atoms with Gasteiger partial charge in [0.05, 0.1) is 12.1 Å². The number of aromatic hydroxyl groups is 1. The van der Waals surface area contributed by atoms with Crippen molar-refractivity contribution in [3.05, 3.63) is 62.6 Å². The van der Waals surface area contributed by atoms with Gasteiger partial charge in [0, 0.05) is 31.4 Å². The SMILES string of the molecule is Cc1cc(F)c(CNC(=O)c2cn3c(c(O)c2=O)C(=O)N2CC[C@H](O)CC[C@H]3C2)c(F)c1. The van der Waals surface area contributed by atoms with Gasteiger partial charge in [0.15, 0.2) is 11.4 Å². The molecule has 3 N–H and O–H groups in total. The first-order chi connectivity index (χ1) is 15.2. The fourth-order valence-corrected chi connectivity index (χ4v) is 4.28. The largest absolute Gasteiger partial charge is 0.503 e. The van der Waals surface area contributed by atoms with Crippen LogP contribution in [-0.2, 0) is 6.54 Å². The van der Waals surface area contributed by atoms with E-state index in [4.69, 9.17) is 0 Å². The van der Waals surface area contributed by atoms with Crippen LogP contribution in [0.5, 0.6) is 5.75 Å². The number of fused-ring (bicyclic) bond motifs is 4. The monoisotopic (exact) mass is 447 g/mol. The van der Waals surface area contributed by atoms with Gasteiger partial charge < -0.3 is 25.0 Å². The number of aliphatic hydroxyl groups excluding tert-OH is 1. The van der Waals surface area contributed by atoms with Gasteiger partial charge >= 0.3 is 0 Å². The normalized spacial score (nSPS) is 20.4. The molecular weight excluding hydrogens is 424 g/mol. The summed E-state index contributed by atoms with van der Waals surface area (Å²) < 4.78 is 29.5. The highest BCUT2D eigenvalue weighted by Gasteiger charge is 2.36. The molecule has 0 aliphatic carbocycles. The van der Waals surface area contributed by atoms with Gasteiger partial charge in [-0.3, -0.25) is 14.4 Å². The van der Waals surface area contributed by atoms with Crippen molar-refractivity contribution >= 4 is 11.8 Å². The number of rotatable bonds is 3. The summed E-state index contributed by atoms with van der Waals surface area (Å²) in [5.41, 5.74) is -1.65. The first-order valence-corrected chi connectivity index (χ1v) is 10.4. The minimum absolute atomic E-state index is 0.199. The first-order valence-electron chi connectivity index (χ1n) is 10.4. The van der Waals surface area contributed by atoms with E-state index >= 15 is 0 Å². The van der Waals surface area contributed by atoms with Crippen LogP contribution in [0, 0.1) is 18.6 Å². The highest BCUT2D eigenvalue weighted by atomic mass is 19.1. The van der Waals surface area contributed by atoms with Crippen LogP contribution < -0.4 is 10.7 Å². The van der Waals surface area contributed by atoms with Crippen LogP contribution in [-0.4, -0.2) is 50.7 Å². The lowest BCUT2D eigenvalue weighted by Crippen LogP contribution is -2.47. The Balaban J connectivity index is 1.66. The lowest BCUT2D eigenvalue weighted by molar-refractivity contribution is 0.0521. The molecule has 2 aromatic rings. The molecule has 1 fully saturated rings. The molecule has 0 unspecified atom stereocenters. The van der Waals surface area contributed by atoms with Gasteiger partial charge in [-0.2, -0.15) is 0 Å². The number of halogens is 2. The predicted octanol–water partition coefficient (Wildman–Crippen LogP) is 1.61. The van der Waals surface area contributed by atoms with E-state index in [1.165, 1.54) is 22.6 Å². The quantitative estimate of drug-likeness (QED) is 0.662. The summed E-state index contributed by atoms with van der Waals surface area (Å²) >= 11 is 0. The van der Waals surface area contributed by atoms with E-state index in [0.717, 1.165) is 12.1 Å². The Kier molecular flexibility index (Phi) is 5.72. The third-order valence-corrected chi connectivity index (χ3v) is 6.05. The van der Waals surface area contributed by atoms with E-state index in [2.05, 4.69) is 5.32 Å². The molecule has 8 nitrogen and oxygen atoms in total. The van der Waals surface area contributed by atoms with Crippen LogP contribution in [0.4, 0.5) is 8.78 Å². The third kappa shape index (κ3) is 3.86. The molecule has 32 heavy (non-hydrogen) atoms. The van der Waals surface area contributed by atoms with Gasteiger partial charge in [-0.1, -0.05) is 0 Å².